The summed E-state index contributed by atoms with van der Waals surface area (Å²) >= 11 is 0. The first-order valence-corrected chi connectivity index (χ1v) is 6.59. The molecule has 1 aliphatic rings. The third kappa shape index (κ3) is 2.51. The van der Waals surface area contributed by atoms with Gasteiger partial charge < -0.3 is 10.4 Å². The predicted molar refractivity (Wildman–Crippen MR) is 77.3 cm³/mol. The summed E-state index contributed by atoms with van der Waals surface area (Å²) in [5.41, 5.74) is 4.64. The highest BCUT2D eigenvalue weighted by atomic mass is 16.3. The summed E-state index contributed by atoms with van der Waals surface area (Å²) in [5.74, 6) is 0. The van der Waals surface area contributed by atoms with E-state index in [-0.39, 0.29) is 12.6 Å². The number of aliphatic hydroxyl groups is 1. The number of hydrogen-bond donors (Lipinski definition) is 2. The number of carbonyl (C=O) groups excluding carboxylic acids is 1. The van der Waals surface area contributed by atoms with Crippen LogP contribution in [-0.2, 0) is 12.8 Å². The van der Waals surface area contributed by atoms with Gasteiger partial charge in [0.05, 0.1) is 11.4 Å². The standard InChI is InChI=1S/C16H15N2O2/c19-7-6-13-9-12(8-11-4-2-1-3-5-11)10-14-15(13)18-16(20)17-14/h1-5,9-10,19H,6-8H2,(H,17,20). The molecule has 2 N–H and O–H groups in total. The Bertz CT molecular complexity index is 638. The van der Waals surface area contributed by atoms with E-state index in [0.717, 1.165) is 23.2 Å². The van der Waals surface area contributed by atoms with Gasteiger partial charge in [0.2, 0.25) is 0 Å². The fourth-order valence-electron chi connectivity index (χ4n) is 2.48. The molecule has 0 aliphatic carbocycles. The lowest BCUT2D eigenvalue weighted by atomic mass is 9.99. The number of rotatable bonds is 4. The van der Waals surface area contributed by atoms with Gasteiger partial charge in [-0.25, -0.2) is 4.79 Å². The van der Waals surface area contributed by atoms with Crippen molar-refractivity contribution in [1.82, 2.24) is 5.32 Å². The van der Waals surface area contributed by atoms with Crippen molar-refractivity contribution in [3.8, 4) is 0 Å². The molecule has 20 heavy (non-hydrogen) atoms. The number of urea groups is 1. The predicted octanol–water partition coefficient (Wildman–Crippen LogP) is 2.59. The van der Waals surface area contributed by atoms with Crippen LogP contribution in [0.15, 0.2) is 42.5 Å². The molecule has 4 heteroatoms. The third-order valence-corrected chi connectivity index (χ3v) is 3.34. The van der Waals surface area contributed by atoms with Gasteiger partial charge in [-0.2, -0.15) is 5.32 Å². The Labute approximate surface area is 117 Å². The molecule has 2 aromatic carbocycles. The summed E-state index contributed by atoms with van der Waals surface area (Å²) in [6.07, 6.45) is 1.30. The summed E-state index contributed by atoms with van der Waals surface area (Å²) in [7, 11) is 0. The van der Waals surface area contributed by atoms with E-state index in [2.05, 4.69) is 22.8 Å². The zero-order valence-corrected chi connectivity index (χ0v) is 11.0. The molecule has 0 aromatic heterocycles. The van der Waals surface area contributed by atoms with Crippen LogP contribution in [0.4, 0.5) is 16.2 Å². The molecule has 0 saturated carbocycles. The second-order valence-electron chi connectivity index (χ2n) is 4.83. The van der Waals surface area contributed by atoms with Gasteiger partial charge in [-0.3, -0.25) is 0 Å². The molecular weight excluding hydrogens is 252 g/mol. The van der Waals surface area contributed by atoms with E-state index in [1.165, 1.54) is 5.56 Å². The summed E-state index contributed by atoms with van der Waals surface area (Å²) < 4.78 is 0. The molecule has 3 rings (SSSR count). The topological polar surface area (TPSA) is 63.4 Å². The average Bonchev–Trinajstić information content (AvgIpc) is 2.81. The van der Waals surface area contributed by atoms with Crippen molar-refractivity contribution in [1.29, 1.82) is 0 Å². The number of hydrogen-bond acceptors (Lipinski definition) is 2. The zero-order valence-electron chi connectivity index (χ0n) is 11.0. The van der Waals surface area contributed by atoms with Crippen molar-refractivity contribution in [3.63, 3.8) is 0 Å². The smallest absolute Gasteiger partial charge is 0.346 e. The Hall–Kier alpha value is -2.33. The minimum atomic E-state index is -0.337. The van der Waals surface area contributed by atoms with E-state index in [1.807, 2.05) is 30.3 Å². The Morgan fingerprint density at radius 1 is 1.10 bits per heavy atom. The van der Waals surface area contributed by atoms with Crippen LogP contribution in [0.25, 0.3) is 0 Å². The molecule has 4 nitrogen and oxygen atoms in total. The van der Waals surface area contributed by atoms with Gasteiger partial charge in [-0.05, 0) is 35.6 Å². The van der Waals surface area contributed by atoms with Crippen LogP contribution in [0.3, 0.4) is 0 Å². The van der Waals surface area contributed by atoms with E-state index < -0.39 is 0 Å². The molecule has 0 spiro atoms. The SMILES string of the molecule is O=C1[N]c2c(CCO)cc(Cc3ccccc3)cc2N1. The monoisotopic (exact) mass is 267 g/mol. The zero-order chi connectivity index (χ0) is 13.9. The lowest BCUT2D eigenvalue weighted by Gasteiger charge is -2.09. The maximum Gasteiger partial charge on any atom is 0.346 e. The fourth-order valence-corrected chi connectivity index (χ4v) is 2.48. The van der Waals surface area contributed by atoms with Crippen LogP contribution < -0.4 is 10.6 Å². The normalized spacial score (nSPS) is 12.8. The highest BCUT2D eigenvalue weighted by molar-refractivity contribution is 6.03. The molecule has 0 bridgehead atoms. The van der Waals surface area contributed by atoms with Gasteiger partial charge in [0, 0.05) is 6.61 Å². The third-order valence-electron chi connectivity index (χ3n) is 3.34. The van der Waals surface area contributed by atoms with Crippen LogP contribution in [0.1, 0.15) is 16.7 Å². The molecule has 1 radical (unpaired) electrons. The Balaban J connectivity index is 1.94. The highest BCUT2D eigenvalue weighted by Gasteiger charge is 2.22. The molecule has 0 unspecified atom stereocenters. The van der Waals surface area contributed by atoms with Gasteiger partial charge in [0.1, 0.15) is 0 Å². The summed E-state index contributed by atoms with van der Waals surface area (Å²) in [5, 5.41) is 15.8. The maximum absolute atomic E-state index is 11.4. The lowest BCUT2D eigenvalue weighted by Crippen LogP contribution is -2.08. The molecule has 2 aromatic rings. The van der Waals surface area contributed by atoms with Gasteiger partial charge in [-0.15, -0.1) is 0 Å². The summed E-state index contributed by atoms with van der Waals surface area (Å²) in [6.45, 7) is 0.0466. The van der Waals surface area contributed by atoms with E-state index >= 15 is 0 Å². The molecule has 0 saturated heterocycles. The largest absolute Gasteiger partial charge is 0.396 e. The minimum Gasteiger partial charge on any atom is -0.396 e. The van der Waals surface area contributed by atoms with Gasteiger partial charge in [0.15, 0.2) is 0 Å². The summed E-state index contributed by atoms with van der Waals surface area (Å²) in [4.78, 5) is 11.4. The molecule has 101 valence electrons. The van der Waals surface area contributed by atoms with Crippen molar-refractivity contribution in [2.45, 2.75) is 12.8 Å². The number of amides is 2. The fraction of sp³-hybridized carbons (Fsp3) is 0.188. The maximum atomic E-state index is 11.4. The number of aliphatic hydroxyl groups excluding tert-OH is 1. The number of anilines is 1. The van der Waals surface area contributed by atoms with Crippen LogP contribution in [0.2, 0.25) is 0 Å². The Morgan fingerprint density at radius 2 is 1.90 bits per heavy atom. The number of nitrogens with zero attached hydrogens (tertiary/aromatic N) is 1. The number of fused-ring (bicyclic) bond motifs is 1. The Kier molecular flexibility index (Phi) is 3.39. The van der Waals surface area contributed by atoms with Gasteiger partial charge in [-0.1, -0.05) is 36.4 Å². The molecular formula is C16H15N2O2. The Morgan fingerprint density at radius 3 is 2.65 bits per heavy atom. The van der Waals surface area contributed by atoms with Crippen molar-refractivity contribution in [2.75, 3.05) is 11.9 Å². The summed E-state index contributed by atoms with van der Waals surface area (Å²) in [6, 6.07) is 13.8. The first-order valence-electron chi connectivity index (χ1n) is 6.59. The lowest BCUT2D eigenvalue weighted by molar-refractivity contribution is 0.256. The molecule has 1 heterocycles. The van der Waals surface area contributed by atoms with Gasteiger partial charge in [0.25, 0.3) is 0 Å². The van der Waals surface area contributed by atoms with E-state index in [9.17, 15) is 4.79 Å². The highest BCUT2D eigenvalue weighted by Crippen LogP contribution is 2.33. The second kappa shape index (κ2) is 5.35. The van der Waals surface area contributed by atoms with E-state index in [0.29, 0.717) is 12.1 Å². The van der Waals surface area contributed by atoms with Crippen LogP contribution >= 0.6 is 0 Å². The van der Waals surface area contributed by atoms with E-state index in [4.69, 9.17) is 5.11 Å². The second-order valence-corrected chi connectivity index (χ2v) is 4.83. The number of carbonyl (C=O) groups is 1. The van der Waals surface area contributed by atoms with E-state index in [1.54, 1.807) is 0 Å². The first kappa shape index (κ1) is 12.7. The molecule has 0 fully saturated rings. The van der Waals surface area contributed by atoms with Crippen molar-refractivity contribution in [2.24, 2.45) is 0 Å². The van der Waals surface area contributed by atoms with Crippen LogP contribution in [0, 0.1) is 0 Å². The van der Waals surface area contributed by atoms with Crippen LogP contribution in [0.5, 0.6) is 0 Å². The number of nitrogens with one attached hydrogen (secondary N) is 1. The van der Waals surface area contributed by atoms with Crippen molar-refractivity contribution >= 4 is 17.4 Å². The molecule has 2 amide bonds. The molecule has 0 atom stereocenters. The minimum absolute atomic E-state index is 0.0466. The number of benzene rings is 2. The van der Waals surface area contributed by atoms with Crippen LogP contribution in [-0.4, -0.2) is 17.7 Å². The van der Waals surface area contributed by atoms with Crippen molar-refractivity contribution in [3.05, 3.63) is 59.2 Å². The quantitative estimate of drug-likeness (QED) is 0.894. The first-order chi connectivity index (χ1) is 9.76. The average molecular weight is 267 g/mol. The molecule has 1 aliphatic heterocycles. The van der Waals surface area contributed by atoms with Gasteiger partial charge >= 0.3 is 6.03 Å². The van der Waals surface area contributed by atoms with Crippen molar-refractivity contribution < 1.29 is 9.90 Å².